The Balaban J connectivity index is 1.36. The molecule has 0 atom stereocenters. The van der Waals surface area contributed by atoms with Crippen LogP contribution >= 0.6 is 0 Å². The molecule has 1 N–H and O–H groups in total. The number of anilines is 1. The Morgan fingerprint density at radius 2 is 1.92 bits per heavy atom. The molecule has 0 spiro atoms. The van der Waals surface area contributed by atoms with Gasteiger partial charge in [0.15, 0.2) is 0 Å². The number of benzene rings is 1. The molecule has 0 unspecified atom stereocenters. The minimum Gasteiger partial charge on any atom is -0.496 e. The fourth-order valence-corrected chi connectivity index (χ4v) is 3.55. The number of nitrogens with zero attached hydrogens (tertiary/aromatic N) is 2. The van der Waals surface area contributed by atoms with E-state index in [0.29, 0.717) is 0 Å². The Morgan fingerprint density at radius 1 is 1.16 bits per heavy atom. The van der Waals surface area contributed by atoms with Gasteiger partial charge in [-0.3, -0.25) is 4.98 Å². The van der Waals surface area contributed by atoms with Crippen LogP contribution in [0.4, 0.5) is 5.69 Å². The Labute approximate surface area is 151 Å². The van der Waals surface area contributed by atoms with Crippen LogP contribution in [0, 0.1) is 12.8 Å². The third kappa shape index (κ3) is 4.95. The standard InChI is InChI=1S/C21H29N3O/c1-17-3-4-19(15-21(17)25-2)16-23-10-5-18-8-13-24(14-9-18)20-6-11-22-12-7-20/h3-4,6-7,11-12,15,18,23H,5,8-10,13-14,16H2,1-2H3. The molecule has 1 aromatic carbocycles. The average Bonchev–Trinajstić information content (AvgIpc) is 2.67. The third-order valence-electron chi connectivity index (χ3n) is 5.17. The van der Waals surface area contributed by atoms with E-state index in [2.05, 4.69) is 52.5 Å². The quantitative estimate of drug-likeness (QED) is 0.779. The van der Waals surface area contributed by atoms with Gasteiger partial charge in [0.2, 0.25) is 0 Å². The highest BCUT2D eigenvalue weighted by molar-refractivity contribution is 5.44. The van der Waals surface area contributed by atoms with Gasteiger partial charge in [-0.25, -0.2) is 0 Å². The minimum absolute atomic E-state index is 0.832. The molecule has 0 radical (unpaired) electrons. The summed E-state index contributed by atoms with van der Waals surface area (Å²) in [5.41, 5.74) is 3.78. The molecular weight excluding hydrogens is 310 g/mol. The van der Waals surface area contributed by atoms with Gasteiger partial charge in [-0.1, -0.05) is 12.1 Å². The first-order valence-corrected chi connectivity index (χ1v) is 9.25. The Morgan fingerprint density at radius 3 is 2.64 bits per heavy atom. The van der Waals surface area contributed by atoms with E-state index < -0.39 is 0 Å². The first-order valence-electron chi connectivity index (χ1n) is 9.25. The van der Waals surface area contributed by atoms with E-state index in [1.54, 1.807) is 7.11 Å². The van der Waals surface area contributed by atoms with Crippen LogP contribution in [0.2, 0.25) is 0 Å². The van der Waals surface area contributed by atoms with Gasteiger partial charge in [-0.05, 0) is 68.0 Å². The van der Waals surface area contributed by atoms with Crippen LogP contribution in [0.25, 0.3) is 0 Å². The molecule has 0 bridgehead atoms. The molecule has 3 rings (SSSR count). The summed E-state index contributed by atoms with van der Waals surface area (Å²) in [6.45, 7) is 6.38. The van der Waals surface area contributed by atoms with Crippen molar-refractivity contribution in [3.05, 3.63) is 53.9 Å². The number of rotatable bonds is 7. The summed E-state index contributed by atoms with van der Waals surface area (Å²) in [5.74, 6) is 1.81. The summed E-state index contributed by atoms with van der Waals surface area (Å²) in [4.78, 5) is 6.58. The lowest BCUT2D eigenvalue weighted by atomic mass is 9.93. The van der Waals surface area contributed by atoms with Crippen LogP contribution in [0.15, 0.2) is 42.7 Å². The molecule has 4 heteroatoms. The number of methoxy groups -OCH3 is 1. The average molecular weight is 339 g/mol. The lowest BCUT2D eigenvalue weighted by molar-refractivity contribution is 0.373. The number of nitrogens with one attached hydrogen (secondary N) is 1. The maximum absolute atomic E-state index is 5.40. The van der Waals surface area contributed by atoms with Crippen LogP contribution in [-0.2, 0) is 6.54 Å². The maximum atomic E-state index is 5.40. The van der Waals surface area contributed by atoms with Crippen molar-refractivity contribution in [1.29, 1.82) is 0 Å². The SMILES string of the molecule is COc1cc(CNCCC2CCN(c3ccncc3)CC2)ccc1C. The molecule has 1 saturated heterocycles. The first kappa shape index (κ1) is 17.7. The van der Waals surface area contributed by atoms with Crippen molar-refractivity contribution in [3.8, 4) is 5.75 Å². The van der Waals surface area contributed by atoms with Gasteiger partial charge in [-0.15, -0.1) is 0 Å². The smallest absolute Gasteiger partial charge is 0.122 e. The molecule has 25 heavy (non-hydrogen) atoms. The maximum Gasteiger partial charge on any atom is 0.122 e. The number of pyridine rings is 1. The molecule has 0 saturated carbocycles. The first-order chi connectivity index (χ1) is 12.3. The summed E-state index contributed by atoms with van der Waals surface area (Å²) in [6.07, 6.45) is 7.58. The van der Waals surface area contributed by atoms with Crippen LogP contribution < -0.4 is 15.0 Å². The van der Waals surface area contributed by atoms with Crippen LogP contribution in [-0.4, -0.2) is 31.7 Å². The van der Waals surface area contributed by atoms with Gasteiger partial charge >= 0.3 is 0 Å². The van der Waals surface area contributed by atoms with Gasteiger partial charge in [0, 0.05) is 37.7 Å². The van der Waals surface area contributed by atoms with E-state index >= 15 is 0 Å². The van der Waals surface area contributed by atoms with Crippen LogP contribution in [0.5, 0.6) is 5.75 Å². The number of piperidine rings is 1. The zero-order valence-corrected chi connectivity index (χ0v) is 15.4. The molecule has 1 fully saturated rings. The molecule has 1 aliphatic rings. The van der Waals surface area contributed by atoms with Crippen LogP contribution in [0.3, 0.4) is 0 Å². The Kier molecular flexibility index (Phi) is 6.29. The highest BCUT2D eigenvalue weighted by atomic mass is 16.5. The van der Waals surface area contributed by atoms with Gasteiger partial charge in [0.05, 0.1) is 7.11 Å². The van der Waals surface area contributed by atoms with Gasteiger partial charge in [0.1, 0.15) is 5.75 Å². The Bertz CT molecular complexity index is 651. The second-order valence-corrected chi connectivity index (χ2v) is 6.91. The lowest BCUT2D eigenvalue weighted by Crippen LogP contribution is -2.34. The molecule has 0 aliphatic carbocycles. The van der Waals surface area contributed by atoms with Gasteiger partial charge < -0.3 is 15.0 Å². The van der Waals surface area contributed by atoms with Crippen molar-refractivity contribution >= 4 is 5.69 Å². The third-order valence-corrected chi connectivity index (χ3v) is 5.17. The molecule has 4 nitrogen and oxygen atoms in total. The largest absolute Gasteiger partial charge is 0.496 e. The fraction of sp³-hybridized carbons (Fsp3) is 0.476. The molecule has 1 aliphatic heterocycles. The fourth-order valence-electron chi connectivity index (χ4n) is 3.55. The van der Waals surface area contributed by atoms with Crippen molar-refractivity contribution < 1.29 is 4.74 Å². The van der Waals surface area contributed by atoms with Gasteiger partial charge in [-0.2, -0.15) is 0 Å². The number of hydrogen-bond donors (Lipinski definition) is 1. The molecular formula is C21H29N3O. The molecule has 2 aromatic rings. The Hall–Kier alpha value is -2.07. The summed E-state index contributed by atoms with van der Waals surface area (Å²) < 4.78 is 5.40. The number of aryl methyl sites for hydroxylation is 1. The zero-order chi connectivity index (χ0) is 17.5. The predicted octanol–water partition coefficient (Wildman–Crippen LogP) is 3.79. The molecule has 134 valence electrons. The van der Waals surface area contributed by atoms with E-state index in [-0.39, 0.29) is 0 Å². The second-order valence-electron chi connectivity index (χ2n) is 6.91. The summed E-state index contributed by atoms with van der Waals surface area (Å²) >= 11 is 0. The monoisotopic (exact) mass is 339 g/mol. The lowest BCUT2D eigenvalue weighted by Gasteiger charge is -2.33. The predicted molar refractivity (Wildman–Crippen MR) is 103 cm³/mol. The molecule has 0 amide bonds. The summed E-state index contributed by atoms with van der Waals surface area (Å²) in [7, 11) is 1.73. The highest BCUT2D eigenvalue weighted by Gasteiger charge is 2.18. The number of ether oxygens (including phenoxy) is 1. The van der Waals surface area contributed by atoms with E-state index in [4.69, 9.17) is 4.74 Å². The van der Waals surface area contributed by atoms with E-state index in [1.165, 1.54) is 36.1 Å². The second kappa shape index (κ2) is 8.86. The zero-order valence-electron chi connectivity index (χ0n) is 15.4. The molecule has 2 heterocycles. The van der Waals surface area contributed by atoms with Crippen molar-refractivity contribution in [2.45, 2.75) is 32.7 Å². The summed E-state index contributed by atoms with van der Waals surface area (Å²) in [6, 6.07) is 10.7. The normalized spacial score (nSPS) is 15.4. The molecule has 1 aromatic heterocycles. The van der Waals surface area contributed by atoms with Gasteiger partial charge in [0.25, 0.3) is 0 Å². The van der Waals surface area contributed by atoms with Crippen LogP contribution in [0.1, 0.15) is 30.4 Å². The van der Waals surface area contributed by atoms with Crippen molar-refractivity contribution in [2.75, 3.05) is 31.6 Å². The highest BCUT2D eigenvalue weighted by Crippen LogP contribution is 2.24. The van der Waals surface area contributed by atoms with E-state index in [9.17, 15) is 0 Å². The topological polar surface area (TPSA) is 37.4 Å². The number of aromatic nitrogens is 1. The van der Waals surface area contributed by atoms with E-state index in [0.717, 1.165) is 37.8 Å². The van der Waals surface area contributed by atoms with Crippen molar-refractivity contribution in [1.82, 2.24) is 10.3 Å². The van der Waals surface area contributed by atoms with Crippen molar-refractivity contribution in [2.24, 2.45) is 5.92 Å². The van der Waals surface area contributed by atoms with Crippen molar-refractivity contribution in [3.63, 3.8) is 0 Å². The number of hydrogen-bond acceptors (Lipinski definition) is 4. The minimum atomic E-state index is 0.832. The van der Waals surface area contributed by atoms with E-state index in [1.807, 2.05) is 12.4 Å². The summed E-state index contributed by atoms with van der Waals surface area (Å²) in [5, 5.41) is 3.59.